The number of aryl methyl sites for hydroxylation is 1. The molecule has 0 spiro atoms. The van der Waals surface area contributed by atoms with Gasteiger partial charge in [-0.05, 0) is 68.4 Å². The van der Waals surface area contributed by atoms with E-state index in [4.69, 9.17) is 21.1 Å². The van der Waals surface area contributed by atoms with Crippen LogP contribution in [0.25, 0.3) is 10.9 Å². The molecular formula is C25H23ClN2O2. The quantitative estimate of drug-likeness (QED) is 0.353. The largest absolute Gasteiger partial charge is 0.494 e. The molecule has 4 rings (SSSR count). The number of fused-ring (bicyclic) bond motifs is 1. The van der Waals surface area contributed by atoms with E-state index in [1.807, 2.05) is 86.6 Å². The van der Waals surface area contributed by atoms with Gasteiger partial charge in [-0.15, -0.1) is 0 Å². The van der Waals surface area contributed by atoms with Crippen LogP contribution in [-0.2, 0) is 6.61 Å². The number of ether oxygens (including phenoxy) is 2. The van der Waals surface area contributed by atoms with Crippen LogP contribution >= 0.6 is 11.6 Å². The van der Waals surface area contributed by atoms with Crippen LogP contribution in [0.1, 0.15) is 18.2 Å². The maximum atomic E-state index is 6.19. The first-order chi connectivity index (χ1) is 14.6. The number of hydrogen-bond acceptors (Lipinski definition) is 4. The molecule has 30 heavy (non-hydrogen) atoms. The molecule has 152 valence electrons. The minimum atomic E-state index is 0.431. The van der Waals surface area contributed by atoms with Gasteiger partial charge in [0.1, 0.15) is 18.1 Å². The van der Waals surface area contributed by atoms with Gasteiger partial charge in [-0.1, -0.05) is 29.8 Å². The number of aromatic nitrogens is 1. The lowest BCUT2D eigenvalue weighted by atomic mass is 10.1. The van der Waals surface area contributed by atoms with Crippen LogP contribution in [0.3, 0.4) is 0 Å². The summed E-state index contributed by atoms with van der Waals surface area (Å²) in [6.45, 7) is 5.03. The average Bonchev–Trinajstić information content (AvgIpc) is 2.75. The highest BCUT2D eigenvalue weighted by Gasteiger charge is 2.07. The van der Waals surface area contributed by atoms with Crippen molar-refractivity contribution in [2.75, 3.05) is 11.9 Å². The third kappa shape index (κ3) is 4.66. The molecule has 0 atom stereocenters. The SMILES string of the molecule is CCOc1ccc2nc(C)cc(Nc3ccc(OCc4ccccc4Cl)cc3)c2c1. The first-order valence-electron chi connectivity index (χ1n) is 9.90. The smallest absolute Gasteiger partial charge is 0.120 e. The van der Waals surface area contributed by atoms with Gasteiger partial charge in [-0.3, -0.25) is 4.98 Å². The molecule has 4 nitrogen and oxygen atoms in total. The molecule has 0 unspecified atom stereocenters. The number of anilines is 2. The molecule has 0 aliphatic carbocycles. The zero-order chi connectivity index (χ0) is 20.9. The molecule has 5 heteroatoms. The van der Waals surface area contributed by atoms with Crippen LogP contribution in [-0.4, -0.2) is 11.6 Å². The lowest BCUT2D eigenvalue weighted by molar-refractivity contribution is 0.306. The maximum absolute atomic E-state index is 6.19. The Kier molecular flexibility index (Phi) is 6.05. The fraction of sp³-hybridized carbons (Fsp3) is 0.160. The topological polar surface area (TPSA) is 43.4 Å². The van der Waals surface area contributed by atoms with E-state index in [2.05, 4.69) is 10.3 Å². The second-order valence-electron chi connectivity index (χ2n) is 6.95. The predicted molar refractivity (Wildman–Crippen MR) is 123 cm³/mol. The summed E-state index contributed by atoms with van der Waals surface area (Å²) in [5.41, 5.74) is 4.80. The summed E-state index contributed by atoms with van der Waals surface area (Å²) in [7, 11) is 0. The van der Waals surface area contributed by atoms with E-state index < -0.39 is 0 Å². The Morgan fingerprint density at radius 2 is 1.67 bits per heavy atom. The highest BCUT2D eigenvalue weighted by Crippen LogP contribution is 2.30. The van der Waals surface area contributed by atoms with Crippen LogP contribution in [0.15, 0.2) is 72.8 Å². The van der Waals surface area contributed by atoms with Gasteiger partial charge in [0, 0.05) is 33.0 Å². The average molecular weight is 419 g/mol. The standard InChI is InChI=1S/C25H23ClN2O2/c1-3-29-21-12-13-24-22(15-21)25(14-17(2)27-24)28-19-8-10-20(11-9-19)30-16-18-6-4-5-7-23(18)26/h4-15H,3,16H2,1-2H3,(H,27,28). The molecule has 1 heterocycles. The summed E-state index contributed by atoms with van der Waals surface area (Å²) in [4.78, 5) is 4.63. The Bertz CT molecular complexity index is 1160. The van der Waals surface area contributed by atoms with Gasteiger partial charge in [0.2, 0.25) is 0 Å². The van der Waals surface area contributed by atoms with Crippen LogP contribution in [0.4, 0.5) is 11.4 Å². The third-order valence-corrected chi connectivity index (χ3v) is 5.07. The third-order valence-electron chi connectivity index (χ3n) is 4.70. The normalized spacial score (nSPS) is 10.8. The van der Waals surface area contributed by atoms with Gasteiger partial charge >= 0.3 is 0 Å². The molecule has 1 aromatic heterocycles. The monoisotopic (exact) mass is 418 g/mol. The molecule has 0 fully saturated rings. The van der Waals surface area contributed by atoms with Crippen molar-refractivity contribution in [1.29, 1.82) is 0 Å². The summed E-state index contributed by atoms with van der Waals surface area (Å²) >= 11 is 6.19. The van der Waals surface area contributed by atoms with Crippen molar-refractivity contribution in [3.8, 4) is 11.5 Å². The summed E-state index contributed by atoms with van der Waals surface area (Å²) in [5.74, 6) is 1.62. The fourth-order valence-corrected chi connectivity index (χ4v) is 3.45. The Morgan fingerprint density at radius 3 is 2.43 bits per heavy atom. The zero-order valence-electron chi connectivity index (χ0n) is 17.0. The van der Waals surface area contributed by atoms with E-state index in [-0.39, 0.29) is 0 Å². The van der Waals surface area contributed by atoms with Gasteiger partial charge in [-0.25, -0.2) is 0 Å². The van der Waals surface area contributed by atoms with Gasteiger partial charge in [0.25, 0.3) is 0 Å². The summed E-state index contributed by atoms with van der Waals surface area (Å²) in [6.07, 6.45) is 0. The van der Waals surface area contributed by atoms with Crippen LogP contribution < -0.4 is 14.8 Å². The molecule has 0 aliphatic rings. The van der Waals surface area contributed by atoms with Gasteiger partial charge in [0.05, 0.1) is 12.1 Å². The second-order valence-corrected chi connectivity index (χ2v) is 7.36. The predicted octanol–water partition coefficient (Wildman–Crippen LogP) is 6.92. The van der Waals surface area contributed by atoms with Gasteiger partial charge < -0.3 is 14.8 Å². The summed E-state index contributed by atoms with van der Waals surface area (Å²) in [6, 6.07) is 23.6. The number of nitrogens with one attached hydrogen (secondary N) is 1. The van der Waals surface area contributed by atoms with Crippen molar-refractivity contribution in [3.05, 3.63) is 89.1 Å². The van der Waals surface area contributed by atoms with Crippen molar-refractivity contribution in [2.24, 2.45) is 0 Å². The van der Waals surface area contributed by atoms with Crippen molar-refractivity contribution in [1.82, 2.24) is 4.98 Å². The lowest BCUT2D eigenvalue weighted by Gasteiger charge is -2.13. The number of rotatable bonds is 7. The minimum absolute atomic E-state index is 0.431. The summed E-state index contributed by atoms with van der Waals surface area (Å²) < 4.78 is 11.5. The first-order valence-corrected chi connectivity index (χ1v) is 10.3. The highest BCUT2D eigenvalue weighted by atomic mass is 35.5. The van der Waals surface area contributed by atoms with Crippen LogP contribution in [0.5, 0.6) is 11.5 Å². The van der Waals surface area contributed by atoms with E-state index >= 15 is 0 Å². The number of benzene rings is 3. The van der Waals surface area contributed by atoms with Crippen molar-refractivity contribution in [2.45, 2.75) is 20.5 Å². The van der Waals surface area contributed by atoms with E-state index in [1.165, 1.54) is 0 Å². The lowest BCUT2D eigenvalue weighted by Crippen LogP contribution is -1.98. The first kappa shape index (κ1) is 20.0. The van der Waals surface area contributed by atoms with Crippen molar-refractivity contribution < 1.29 is 9.47 Å². The Hall–Kier alpha value is -3.24. The van der Waals surface area contributed by atoms with Crippen molar-refractivity contribution in [3.63, 3.8) is 0 Å². The Balaban J connectivity index is 1.52. The molecule has 0 bridgehead atoms. The zero-order valence-corrected chi connectivity index (χ0v) is 17.7. The molecule has 4 aromatic rings. The Labute approximate surface area is 181 Å². The molecule has 0 saturated carbocycles. The van der Waals surface area contributed by atoms with E-state index in [9.17, 15) is 0 Å². The highest BCUT2D eigenvalue weighted by molar-refractivity contribution is 6.31. The van der Waals surface area contributed by atoms with E-state index in [0.29, 0.717) is 18.2 Å². The number of halogens is 1. The van der Waals surface area contributed by atoms with Gasteiger partial charge in [-0.2, -0.15) is 0 Å². The minimum Gasteiger partial charge on any atom is -0.494 e. The van der Waals surface area contributed by atoms with E-state index in [1.54, 1.807) is 0 Å². The van der Waals surface area contributed by atoms with Crippen LogP contribution in [0.2, 0.25) is 5.02 Å². The Morgan fingerprint density at radius 1 is 0.900 bits per heavy atom. The maximum Gasteiger partial charge on any atom is 0.120 e. The number of hydrogen-bond donors (Lipinski definition) is 1. The molecule has 1 N–H and O–H groups in total. The number of nitrogens with zero attached hydrogens (tertiary/aromatic N) is 1. The molecule has 0 aliphatic heterocycles. The molecule has 3 aromatic carbocycles. The summed E-state index contributed by atoms with van der Waals surface area (Å²) in [5, 5.41) is 5.22. The molecule has 0 amide bonds. The van der Waals surface area contributed by atoms with Crippen molar-refractivity contribution >= 4 is 33.9 Å². The van der Waals surface area contributed by atoms with Gasteiger partial charge in [0.15, 0.2) is 0 Å². The number of pyridine rings is 1. The second kappa shape index (κ2) is 9.06. The molecule has 0 saturated heterocycles. The van der Waals surface area contributed by atoms with Crippen LogP contribution in [0, 0.1) is 6.92 Å². The van der Waals surface area contributed by atoms with E-state index in [0.717, 1.165) is 45.0 Å². The fourth-order valence-electron chi connectivity index (χ4n) is 3.26. The molecule has 0 radical (unpaired) electrons. The molecular weight excluding hydrogens is 396 g/mol.